The van der Waals surface area contributed by atoms with Crippen LogP contribution in [-0.4, -0.2) is 42.2 Å². The standard InChI is InChI=1S/C11H20F3NO2/c1-3-15-10(7-16)5-4-9(6-10)17-8(2)11(12,13)14/h8-9,15-16H,3-7H2,1-2H3. The molecular formula is C11H20F3NO2. The number of alkyl halides is 3. The fraction of sp³-hybridized carbons (Fsp3) is 1.00. The molecule has 0 bridgehead atoms. The van der Waals surface area contributed by atoms with E-state index in [-0.39, 0.29) is 6.61 Å². The first-order chi connectivity index (χ1) is 7.83. The van der Waals surface area contributed by atoms with Crippen LogP contribution in [0.5, 0.6) is 0 Å². The van der Waals surface area contributed by atoms with E-state index in [0.717, 1.165) is 6.92 Å². The van der Waals surface area contributed by atoms with Gasteiger partial charge in [-0.1, -0.05) is 6.92 Å². The van der Waals surface area contributed by atoms with Crippen LogP contribution in [0.1, 0.15) is 33.1 Å². The quantitative estimate of drug-likeness (QED) is 0.787. The summed E-state index contributed by atoms with van der Waals surface area (Å²) in [5.74, 6) is 0. The molecule has 102 valence electrons. The van der Waals surface area contributed by atoms with Crippen molar-refractivity contribution in [2.75, 3.05) is 13.2 Å². The highest BCUT2D eigenvalue weighted by Gasteiger charge is 2.43. The molecule has 17 heavy (non-hydrogen) atoms. The van der Waals surface area contributed by atoms with Crippen molar-refractivity contribution in [2.24, 2.45) is 0 Å². The van der Waals surface area contributed by atoms with Gasteiger partial charge in [0.05, 0.1) is 12.7 Å². The molecule has 6 heteroatoms. The third-order valence-electron chi connectivity index (χ3n) is 3.28. The molecule has 0 amide bonds. The molecule has 3 atom stereocenters. The fourth-order valence-corrected chi connectivity index (χ4v) is 2.29. The van der Waals surface area contributed by atoms with E-state index in [4.69, 9.17) is 4.74 Å². The fourth-order valence-electron chi connectivity index (χ4n) is 2.29. The van der Waals surface area contributed by atoms with E-state index in [2.05, 4.69) is 5.32 Å². The molecule has 1 aliphatic carbocycles. The highest BCUT2D eigenvalue weighted by molar-refractivity contribution is 4.96. The van der Waals surface area contributed by atoms with Gasteiger partial charge in [-0.2, -0.15) is 13.2 Å². The average molecular weight is 255 g/mol. The Hall–Kier alpha value is -0.330. The van der Waals surface area contributed by atoms with Crippen molar-refractivity contribution in [3.05, 3.63) is 0 Å². The number of nitrogens with one attached hydrogen (secondary N) is 1. The molecule has 1 saturated carbocycles. The smallest absolute Gasteiger partial charge is 0.394 e. The Morgan fingerprint density at radius 1 is 1.53 bits per heavy atom. The highest BCUT2D eigenvalue weighted by Crippen LogP contribution is 2.34. The van der Waals surface area contributed by atoms with Crippen molar-refractivity contribution in [3.63, 3.8) is 0 Å². The Labute approximate surface area is 99.3 Å². The molecule has 0 aromatic rings. The average Bonchev–Trinajstić information content (AvgIpc) is 2.61. The van der Waals surface area contributed by atoms with Gasteiger partial charge in [-0.25, -0.2) is 0 Å². The molecule has 1 aliphatic rings. The molecule has 0 aliphatic heterocycles. The zero-order valence-corrected chi connectivity index (χ0v) is 10.2. The van der Waals surface area contributed by atoms with Crippen molar-refractivity contribution in [1.29, 1.82) is 0 Å². The van der Waals surface area contributed by atoms with E-state index in [1.54, 1.807) is 0 Å². The second-order valence-electron chi connectivity index (χ2n) is 4.65. The van der Waals surface area contributed by atoms with Crippen LogP contribution in [-0.2, 0) is 4.74 Å². The van der Waals surface area contributed by atoms with E-state index in [1.165, 1.54) is 0 Å². The molecule has 1 rings (SSSR count). The number of hydrogen-bond donors (Lipinski definition) is 2. The second kappa shape index (κ2) is 5.54. The van der Waals surface area contributed by atoms with Crippen molar-refractivity contribution < 1.29 is 23.0 Å². The van der Waals surface area contributed by atoms with E-state index < -0.39 is 23.9 Å². The number of hydrogen-bond acceptors (Lipinski definition) is 3. The predicted octanol–water partition coefficient (Wildman–Crippen LogP) is 1.85. The molecular weight excluding hydrogens is 235 g/mol. The van der Waals surface area contributed by atoms with Gasteiger partial charge in [-0.15, -0.1) is 0 Å². The van der Waals surface area contributed by atoms with E-state index in [1.807, 2.05) is 6.92 Å². The first kappa shape index (κ1) is 14.7. The van der Waals surface area contributed by atoms with Gasteiger partial charge in [0.1, 0.15) is 0 Å². The second-order valence-corrected chi connectivity index (χ2v) is 4.65. The summed E-state index contributed by atoms with van der Waals surface area (Å²) in [5, 5.41) is 12.5. The summed E-state index contributed by atoms with van der Waals surface area (Å²) in [5.41, 5.74) is -0.468. The minimum absolute atomic E-state index is 0.0684. The summed E-state index contributed by atoms with van der Waals surface area (Å²) >= 11 is 0. The number of halogens is 3. The number of ether oxygens (including phenoxy) is 1. The highest BCUT2D eigenvalue weighted by atomic mass is 19.4. The van der Waals surface area contributed by atoms with Gasteiger partial charge in [0.25, 0.3) is 0 Å². The van der Waals surface area contributed by atoms with Gasteiger partial charge in [-0.3, -0.25) is 0 Å². The van der Waals surface area contributed by atoms with Crippen molar-refractivity contribution in [2.45, 2.75) is 57.0 Å². The summed E-state index contributed by atoms with van der Waals surface area (Å²) in [6, 6.07) is 0. The van der Waals surface area contributed by atoms with Gasteiger partial charge in [0.2, 0.25) is 0 Å². The predicted molar refractivity (Wildman–Crippen MR) is 57.7 cm³/mol. The first-order valence-corrected chi connectivity index (χ1v) is 5.91. The zero-order valence-electron chi connectivity index (χ0n) is 10.2. The lowest BCUT2D eigenvalue weighted by Gasteiger charge is -2.28. The van der Waals surface area contributed by atoms with Crippen molar-refractivity contribution in [1.82, 2.24) is 5.32 Å². The van der Waals surface area contributed by atoms with E-state index >= 15 is 0 Å². The van der Waals surface area contributed by atoms with Gasteiger partial charge in [0, 0.05) is 5.54 Å². The van der Waals surface area contributed by atoms with Crippen LogP contribution >= 0.6 is 0 Å². The third kappa shape index (κ3) is 3.82. The first-order valence-electron chi connectivity index (χ1n) is 5.91. The molecule has 0 saturated heterocycles. The van der Waals surface area contributed by atoms with Crippen LogP contribution in [0.4, 0.5) is 13.2 Å². The maximum atomic E-state index is 12.3. The van der Waals surface area contributed by atoms with E-state index in [0.29, 0.717) is 25.8 Å². The Balaban J connectivity index is 2.50. The van der Waals surface area contributed by atoms with Crippen LogP contribution < -0.4 is 5.32 Å². The molecule has 0 heterocycles. The van der Waals surface area contributed by atoms with Gasteiger partial charge in [0.15, 0.2) is 6.10 Å². The molecule has 0 aromatic carbocycles. The minimum Gasteiger partial charge on any atom is -0.394 e. The summed E-state index contributed by atoms with van der Waals surface area (Å²) in [4.78, 5) is 0. The van der Waals surface area contributed by atoms with Crippen molar-refractivity contribution in [3.8, 4) is 0 Å². The summed E-state index contributed by atoms with van der Waals surface area (Å²) in [6.07, 6.45) is -4.87. The Bertz CT molecular complexity index is 247. The van der Waals surface area contributed by atoms with Gasteiger partial charge in [-0.05, 0) is 32.7 Å². The van der Waals surface area contributed by atoms with E-state index in [9.17, 15) is 18.3 Å². The lowest BCUT2D eigenvalue weighted by Crippen LogP contribution is -2.47. The normalized spacial score (nSPS) is 31.8. The number of rotatable bonds is 5. The Morgan fingerprint density at radius 2 is 2.18 bits per heavy atom. The maximum absolute atomic E-state index is 12.3. The molecule has 3 nitrogen and oxygen atoms in total. The maximum Gasteiger partial charge on any atom is 0.414 e. The number of aliphatic hydroxyl groups excluding tert-OH is 1. The number of likely N-dealkylation sites (N-methyl/N-ethyl adjacent to an activating group) is 1. The monoisotopic (exact) mass is 255 g/mol. The lowest BCUT2D eigenvalue weighted by molar-refractivity contribution is -0.226. The van der Waals surface area contributed by atoms with Gasteiger partial charge < -0.3 is 15.2 Å². The van der Waals surface area contributed by atoms with Gasteiger partial charge >= 0.3 is 6.18 Å². The van der Waals surface area contributed by atoms with Crippen LogP contribution in [0.2, 0.25) is 0 Å². The van der Waals surface area contributed by atoms with Crippen LogP contribution in [0, 0.1) is 0 Å². The molecule has 2 N–H and O–H groups in total. The molecule has 0 radical (unpaired) electrons. The lowest BCUT2D eigenvalue weighted by atomic mass is 9.99. The largest absolute Gasteiger partial charge is 0.414 e. The molecule has 0 aromatic heterocycles. The molecule has 1 fully saturated rings. The Morgan fingerprint density at radius 3 is 2.65 bits per heavy atom. The summed E-state index contributed by atoms with van der Waals surface area (Å²) in [6.45, 7) is 3.54. The van der Waals surface area contributed by atoms with Crippen LogP contribution in [0.25, 0.3) is 0 Å². The molecule has 3 unspecified atom stereocenters. The third-order valence-corrected chi connectivity index (χ3v) is 3.28. The molecule has 0 spiro atoms. The van der Waals surface area contributed by atoms with Crippen molar-refractivity contribution >= 4 is 0 Å². The SMILES string of the molecule is CCNC1(CO)CCC(OC(C)C(F)(F)F)C1. The Kier molecular flexibility index (Phi) is 4.80. The summed E-state index contributed by atoms with van der Waals surface area (Å²) < 4.78 is 42.0. The minimum atomic E-state index is -4.32. The summed E-state index contributed by atoms with van der Waals surface area (Å²) in [7, 11) is 0. The van der Waals surface area contributed by atoms with Crippen LogP contribution in [0.3, 0.4) is 0 Å². The zero-order chi connectivity index (χ0) is 13.1. The topological polar surface area (TPSA) is 41.5 Å². The van der Waals surface area contributed by atoms with Crippen LogP contribution in [0.15, 0.2) is 0 Å². The number of aliphatic hydroxyl groups is 1.